The summed E-state index contributed by atoms with van der Waals surface area (Å²) in [4.78, 5) is 16.6. The summed E-state index contributed by atoms with van der Waals surface area (Å²) in [6.07, 6.45) is 0.913. The third kappa shape index (κ3) is 3.35. The van der Waals surface area contributed by atoms with Crippen LogP contribution in [0.15, 0.2) is 48.5 Å². The minimum Gasteiger partial charge on any atom is -0.497 e. The molecule has 2 amide bonds. The van der Waals surface area contributed by atoms with E-state index in [2.05, 4.69) is 6.92 Å². The predicted molar refractivity (Wildman–Crippen MR) is 108 cm³/mol. The van der Waals surface area contributed by atoms with Gasteiger partial charge in [0.05, 0.1) is 30.7 Å². The highest BCUT2D eigenvalue weighted by Crippen LogP contribution is 2.36. The first-order valence-corrected chi connectivity index (χ1v) is 11.3. The monoisotopic (exact) mass is 400 g/mol. The highest BCUT2D eigenvalue weighted by atomic mass is 32.2. The minimum atomic E-state index is -3.18. The van der Waals surface area contributed by atoms with Gasteiger partial charge in [-0.25, -0.2) is 13.2 Å². The molecule has 4 rings (SSSR count). The minimum absolute atomic E-state index is 0.00749. The third-order valence-corrected chi connectivity index (χ3v) is 7.29. The lowest BCUT2D eigenvalue weighted by Crippen LogP contribution is -2.37. The van der Waals surface area contributed by atoms with Crippen LogP contribution in [0.2, 0.25) is 0 Å². The van der Waals surface area contributed by atoms with Crippen LogP contribution in [0, 0.1) is 0 Å². The number of carbonyl (C=O) groups is 1. The molecule has 2 fully saturated rings. The second-order valence-corrected chi connectivity index (χ2v) is 9.52. The number of ether oxygens (including phenoxy) is 1. The molecule has 0 spiro atoms. The number of amides is 2. The highest BCUT2D eigenvalue weighted by Gasteiger charge is 2.53. The lowest BCUT2D eigenvalue weighted by molar-refractivity contribution is 0.206. The number of aryl methyl sites for hydroxylation is 1. The van der Waals surface area contributed by atoms with Crippen LogP contribution in [0.25, 0.3) is 0 Å². The summed E-state index contributed by atoms with van der Waals surface area (Å²) in [5, 5.41) is 0. The molecule has 2 aliphatic heterocycles. The second kappa shape index (κ2) is 7.13. The Morgan fingerprint density at radius 3 is 2.43 bits per heavy atom. The van der Waals surface area contributed by atoms with Gasteiger partial charge in [-0.15, -0.1) is 0 Å². The van der Waals surface area contributed by atoms with Crippen molar-refractivity contribution in [2.45, 2.75) is 32.0 Å². The van der Waals surface area contributed by atoms with E-state index in [-0.39, 0.29) is 29.6 Å². The number of hydrogen-bond acceptors (Lipinski definition) is 4. The van der Waals surface area contributed by atoms with Crippen LogP contribution in [0.4, 0.5) is 10.5 Å². The molecule has 0 saturated carbocycles. The van der Waals surface area contributed by atoms with E-state index in [1.54, 1.807) is 16.9 Å². The molecule has 148 valence electrons. The van der Waals surface area contributed by atoms with Gasteiger partial charge in [0, 0.05) is 12.2 Å². The van der Waals surface area contributed by atoms with E-state index >= 15 is 0 Å². The zero-order valence-electron chi connectivity index (χ0n) is 16.0. The summed E-state index contributed by atoms with van der Waals surface area (Å²) in [6, 6.07) is 14.5. The average molecular weight is 401 g/mol. The number of hydrogen-bond donors (Lipinski definition) is 0. The number of nitrogens with zero attached hydrogens (tertiary/aromatic N) is 2. The number of anilines is 1. The maximum absolute atomic E-state index is 13.3. The Morgan fingerprint density at radius 1 is 1.04 bits per heavy atom. The van der Waals surface area contributed by atoms with Gasteiger partial charge in [0.1, 0.15) is 5.75 Å². The standard InChI is InChI=1S/C21H24N2O4S/c1-3-15-7-9-17(10-8-15)23-20-14-28(25,26)13-19(20)22(21(23)24)12-16-5-4-6-18(11-16)27-2/h4-11,19-20H,3,12-14H2,1-2H3/t19-,20+/m1/s1. The van der Waals surface area contributed by atoms with Crippen molar-refractivity contribution in [3.8, 4) is 5.75 Å². The summed E-state index contributed by atoms with van der Waals surface area (Å²) in [5.74, 6) is 0.733. The molecule has 2 aromatic carbocycles. The van der Waals surface area contributed by atoms with Gasteiger partial charge in [0.2, 0.25) is 0 Å². The van der Waals surface area contributed by atoms with Crippen molar-refractivity contribution in [3.63, 3.8) is 0 Å². The summed E-state index contributed by atoms with van der Waals surface area (Å²) in [7, 11) is -1.58. The van der Waals surface area contributed by atoms with E-state index < -0.39 is 9.84 Å². The molecule has 2 aliphatic rings. The first kappa shape index (κ1) is 18.8. The number of urea groups is 1. The van der Waals surface area contributed by atoms with E-state index in [0.29, 0.717) is 12.3 Å². The van der Waals surface area contributed by atoms with Crippen molar-refractivity contribution in [2.75, 3.05) is 23.5 Å². The van der Waals surface area contributed by atoms with Crippen molar-refractivity contribution < 1.29 is 17.9 Å². The SMILES string of the molecule is CCc1ccc(N2C(=O)N(Cc3cccc(OC)c3)[C@@H]3CS(=O)(=O)C[C@@H]32)cc1. The summed E-state index contributed by atoms with van der Waals surface area (Å²) in [6.45, 7) is 2.43. The van der Waals surface area contributed by atoms with Crippen LogP contribution < -0.4 is 9.64 Å². The van der Waals surface area contributed by atoms with Crippen molar-refractivity contribution in [1.82, 2.24) is 4.90 Å². The molecule has 2 atom stereocenters. The summed E-state index contributed by atoms with van der Waals surface area (Å²) >= 11 is 0. The Bertz CT molecular complexity index is 988. The molecule has 0 N–H and O–H groups in total. The Hall–Kier alpha value is -2.54. The Labute approximate surface area is 165 Å². The van der Waals surface area contributed by atoms with Crippen molar-refractivity contribution >= 4 is 21.6 Å². The normalized spacial score (nSPS) is 23.1. The Morgan fingerprint density at radius 2 is 1.75 bits per heavy atom. The smallest absolute Gasteiger partial charge is 0.325 e. The number of methoxy groups -OCH3 is 1. The quantitative estimate of drug-likeness (QED) is 0.724. The topological polar surface area (TPSA) is 66.9 Å². The van der Waals surface area contributed by atoms with Gasteiger partial charge in [0.15, 0.2) is 9.84 Å². The lowest BCUT2D eigenvalue weighted by Gasteiger charge is -2.23. The number of rotatable bonds is 5. The zero-order valence-corrected chi connectivity index (χ0v) is 16.9. The molecule has 0 aromatic heterocycles. The van der Waals surface area contributed by atoms with E-state index in [4.69, 9.17) is 4.74 Å². The van der Waals surface area contributed by atoms with Crippen LogP contribution in [-0.2, 0) is 22.8 Å². The van der Waals surface area contributed by atoms with E-state index in [1.165, 1.54) is 5.56 Å². The fraction of sp³-hybridized carbons (Fsp3) is 0.381. The van der Waals surface area contributed by atoms with E-state index in [1.807, 2.05) is 48.5 Å². The molecule has 2 aromatic rings. The molecule has 2 heterocycles. The molecule has 2 saturated heterocycles. The van der Waals surface area contributed by atoms with Crippen molar-refractivity contribution in [3.05, 3.63) is 59.7 Å². The first-order chi connectivity index (χ1) is 13.4. The fourth-order valence-electron chi connectivity index (χ4n) is 4.12. The van der Waals surface area contributed by atoms with Crippen molar-refractivity contribution in [2.24, 2.45) is 0 Å². The Kier molecular flexibility index (Phi) is 4.79. The molecule has 7 heteroatoms. The number of carbonyl (C=O) groups excluding carboxylic acids is 1. The molecule has 0 radical (unpaired) electrons. The largest absolute Gasteiger partial charge is 0.497 e. The van der Waals surface area contributed by atoms with E-state index in [9.17, 15) is 13.2 Å². The van der Waals surface area contributed by atoms with Gasteiger partial charge in [-0.3, -0.25) is 4.90 Å². The van der Waals surface area contributed by atoms with Gasteiger partial charge >= 0.3 is 6.03 Å². The third-order valence-electron chi connectivity index (χ3n) is 5.59. The number of benzene rings is 2. The molecule has 6 nitrogen and oxygen atoms in total. The average Bonchev–Trinajstić information content (AvgIpc) is 3.12. The summed E-state index contributed by atoms with van der Waals surface area (Å²) < 4.78 is 30.0. The molecular formula is C21H24N2O4S. The molecule has 0 unspecified atom stereocenters. The first-order valence-electron chi connectivity index (χ1n) is 9.44. The lowest BCUT2D eigenvalue weighted by atomic mass is 10.1. The maximum atomic E-state index is 13.3. The van der Waals surface area contributed by atoms with Crippen LogP contribution in [-0.4, -0.2) is 50.0 Å². The van der Waals surface area contributed by atoms with Crippen LogP contribution in [0.1, 0.15) is 18.1 Å². The van der Waals surface area contributed by atoms with Crippen molar-refractivity contribution in [1.29, 1.82) is 0 Å². The van der Waals surface area contributed by atoms with Crippen LogP contribution >= 0.6 is 0 Å². The van der Waals surface area contributed by atoms with Gasteiger partial charge in [-0.1, -0.05) is 31.2 Å². The number of sulfone groups is 1. The fourth-order valence-corrected chi connectivity index (χ4v) is 6.07. The van der Waals surface area contributed by atoms with E-state index in [0.717, 1.165) is 17.7 Å². The molecule has 0 aliphatic carbocycles. The zero-order chi connectivity index (χ0) is 19.9. The van der Waals surface area contributed by atoms with Gasteiger partial charge < -0.3 is 9.64 Å². The van der Waals surface area contributed by atoms with Gasteiger partial charge in [0.25, 0.3) is 0 Å². The van der Waals surface area contributed by atoms with Crippen LogP contribution in [0.5, 0.6) is 5.75 Å². The second-order valence-electron chi connectivity index (χ2n) is 7.36. The number of fused-ring (bicyclic) bond motifs is 1. The summed E-state index contributed by atoms with van der Waals surface area (Å²) in [5.41, 5.74) is 2.85. The molecule has 28 heavy (non-hydrogen) atoms. The predicted octanol–water partition coefficient (Wildman–Crippen LogP) is 2.87. The highest BCUT2D eigenvalue weighted by molar-refractivity contribution is 7.91. The molecule has 0 bridgehead atoms. The van der Waals surface area contributed by atoms with Gasteiger partial charge in [-0.2, -0.15) is 0 Å². The maximum Gasteiger partial charge on any atom is 0.325 e. The molecular weight excluding hydrogens is 376 g/mol. The van der Waals surface area contributed by atoms with Crippen LogP contribution in [0.3, 0.4) is 0 Å². The Balaban J connectivity index is 1.67. The van der Waals surface area contributed by atoms with Gasteiger partial charge in [-0.05, 0) is 41.8 Å².